The zero-order valence-electron chi connectivity index (χ0n) is 12.2. The SMILES string of the molecule is CCCNC(Cc1cc(Cl)ccc1OC)c1ccc(Br)s1. The van der Waals surface area contributed by atoms with Crippen LogP contribution in [0.1, 0.15) is 29.8 Å². The highest BCUT2D eigenvalue weighted by molar-refractivity contribution is 9.11. The molecule has 1 aromatic carbocycles. The molecule has 0 radical (unpaired) electrons. The Morgan fingerprint density at radius 2 is 2.14 bits per heavy atom. The van der Waals surface area contributed by atoms with E-state index in [9.17, 15) is 0 Å². The fourth-order valence-electron chi connectivity index (χ4n) is 2.23. The standard InChI is InChI=1S/C16H19BrClNOS/c1-3-8-19-13(15-6-7-16(17)21-15)10-11-9-12(18)4-5-14(11)20-2/h4-7,9,13,19H,3,8,10H2,1-2H3. The lowest BCUT2D eigenvalue weighted by Gasteiger charge is -2.19. The van der Waals surface area contributed by atoms with Gasteiger partial charge in [-0.05, 0) is 71.2 Å². The van der Waals surface area contributed by atoms with Crippen LogP contribution in [0.4, 0.5) is 0 Å². The topological polar surface area (TPSA) is 21.3 Å². The van der Waals surface area contributed by atoms with Crippen LogP contribution in [0, 0.1) is 0 Å². The minimum Gasteiger partial charge on any atom is -0.496 e. The van der Waals surface area contributed by atoms with Gasteiger partial charge in [-0.1, -0.05) is 18.5 Å². The van der Waals surface area contributed by atoms with Crippen molar-refractivity contribution in [3.8, 4) is 5.75 Å². The molecule has 1 heterocycles. The Labute approximate surface area is 143 Å². The van der Waals surface area contributed by atoms with E-state index in [1.54, 1.807) is 18.4 Å². The number of hydrogen-bond donors (Lipinski definition) is 1. The second kappa shape index (κ2) is 8.18. The lowest BCUT2D eigenvalue weighted by Crippen LogP contribution is -2.23. The summed E-state index contributed by atoms with van der Waals surface area (Å²) in [7, 11) is 1.70. The summed E-state index contributed by atoms with van der Waals surface area (Å²) in [6.07, 6.45) is 1.96. The Kier molecular flexibility index (Phi) is 6.55. The summed E-state index contributed by atoms with van der Waals surface area (Å²) in [5.74, 6) is 0.887. The molecule has 114 valence electrons. The number of hydrogen-bond acceptors (Lipinski definition) is 3. The number of halogens is 2. The summed E-state index contributed by atoms with van der Waals surface area (Å²) < 4.78 is 6.61. The summed E-state index contributed by atoms with van der Waals surface area (Å²) in [6, 6.07) is 10.3. The maximum Gasteiger partial charge on any atom is 0.122 e. The van der Waals surface area contributed by atoms with Crippen molar-refractivity contribution in [3.05, 3.63) is 49.6 Å². The van der Waals surface area contributed by atoms with Gasteiger partial charge in [-0.25, -0.2) is 0 Å². The van der Waals surface area contributed by atoms with Crippen LogP contribution >= 0.6 is 38.9 Å². The lowest BCUT2D eigenvalue weighted by molar-refractivity contribution is 0.405. The van der Waals surface area contributed by atoms with Crippen LogP contribution < -0.4 is 10.1 Å². The van der Waals surface area contributed by atoms with E-state index >= 15 is 0 Å². The Bertz CT molecular complexity index is 587. The zero-order valence-corrected chi connectivity index (χ0v) is 15.3. The molecule has 2 nitrogen and oxygen atoms in total. The lowest BCUT2D eigenvalue weighted by atomic mass is 10.0. The molecule has 2 rings (SSSR count). The van der Waals surface area contributed by atoms with Gasteiger partial charge in [0.25, 0.3) is 0 Å². The smallest absolute Gasteiger partial charge is 0.122 e. The highest BCUT2D eigenvalue weighted by Crippen LogP contribution is 2.32. The average molecular weight is 389 g/mol. The molecule has 1 aromatic heterocycles. The van der Waals surface area contributed by atoms with Gasteiger partial charge in [0.1, 0.15) is 5.75 Å². The Morgan fingerprint density at radius 3 is 2.76 bits per heavy atom. The van der Waals surface area contributed by atoms with Crippen LogP contribution in [0.2, 0.25) is 5.02 Å². The van der Waals surface area contributed by atoms with Crippen molar-refractivity contribution < 1.29 is 4.74 Å². The summed E-state index contributed by atoms with van der Waals surface area (Å²) in [5.41, 5.74) is 1.13. The van der Waals surface area contributed by atoms with Crippen molar-refractivity contribution in [3.63, 3.8) is 0 Å². The highest BCUT2D eigenvalue weighted by Gasteiger charge is 2.16. The quantitative estimate of drug-likeness (QED) is 0.680. The van der Waals surface area contributed by atoms with Crippen molar-refractivity contribution in [1.82, 2.24) is 5.32 Å². The summed E-state index contributed by atoms with van der Waals surface area (Å²) >= 11 is 11.4. The molecule has 2 aromatic rings. The molecule has 0 amide bonds. The first kappa shape index (κ1) is 16.8. The van der Waals surface area contributed by atoms with Gasteiger partial charge in [0.2, 0.25) is 0 Å². The van der Waals surface area contributed by atoms with E-state index in [1.165, 1.54) is 4.88 Å². The second-order valence-electron chi connectivity index (χ2n) is 4.81. The van der Waals surface area contributed by atoms with Gasteiger partial charge in [0, 0.05) is 15.9 Å². The third-order valence-electron chi connectivity index (χ3n) is 3.24. The van der Waals surface area contributed by atoms with E-state index in [-0.39, 0.29) is 6.04 Å². The van der Waals surface area contributed by atoms with Crippen molar-refractivity contribution in [1.29, 1.82) is 0 Å². The summed E-state index contributed by atoms with van der Waals surface area (Å²) in [5, 5.41) is 4.35. The average Bonchev–Trinajstić information content (AvgIpc) is 2.90. The largest absolute Gasteiger partial charge is 0.496 e. The molecule has 5 heteroatoms. The van der Waals surface area contributed by atoms with Gasteiger partial charge in [-0.3, -0.25) is 0 Å². The van der Waals surface area contributed by atoms with Crippen LogP contribution in [-0.2, 0) is 6.42 Å². The molecular formula is C16H19BrClNOS. The van der Waals surface area contributed by atoms with Gasteiger partial charge in [0.15, 0.2) is 0 Å². The van der Waals surface area contributed by atoms with Gasteiger partial charge in [-0.15, -0.1) is 11.3 Å². The molecule has 0 aliphatic rings. The number of nitrogens with one attached hydrogen (secondary N) is 1. The van der Waals surface area contributed by atoms with Crippen LogP contribution in [0.25, 0.3) is 0 Å². The monoisotopic (exact) mass is 387 g/mol. The number of ether oxygens (including phenoxy) is 1. The number of thiophene rings is 1. The van der Waals surface area contributed by atoms with E-state index in [0.717, 1.165) is 39.5 Å². The minimum absolute atomic E-state index is 0.272. The van der Waals surface area contributed by atoms with Crippen LogP contribution in [-0.4, -0.2) is 13.7 Å². The van der Waals surface area contributed by atoms with Crippen LogP contribution in [0.5, 0.6) is 5.75 Å². The molecule has 21 heavy (non-hydrogen) atoms. The highest BCUT2D eigenvalue weighted by atomic mass is 79.9. The molecule has 1 atom stereocenters. The van der Waals surface area contributed by atoms with E-state index in [2.05, 4.69) is 40.3 Å². The molecule has 0 aliphatic heterocycles. The Hall–Kier alpha value is -0.550. The fraction of sp³-hybridized carbons (Fsp3) is 0.375. The van der Waals surface area contributed by atoms with Crippen molar-refractivity contribution in [2.45, 2.75) is 25.8 Å². The predicted molar refractivity (Wildman–Crippen MR) is 94.8 cm³/mol. The third kappa shape index (κ3) is 4.71. The van der Waals surface area contributed by atoms with Gasteiger partial charge < -0.3 is 10.1 Å². The molecule has 1 unspecified atom stereocenters. The van der Waals surface area contributed by atoms with Crippen molar-refractivity contribution in [2.75, 3.05) is 13.7 Å². The molecule has 0 aliphatic carbocycles. The van der Waals surface area contributed by atoms with E-state index in [0.29, 0.717) is 0 Å². The van der Waals surface area contributed by atoms with Crippen LogP contribution in [0.15, 0.2) is 34.1 Å². The number of benzene rings is 1. The molecule has 0 spiro atoms. The Morgan fingerprint density at radius 1 is 1.33 bits per heavy atom. The second-order valence-corrected chi connectivity index (χ2v) is 7.74. The summed E-state index contributed by atoms with van der Waals surface area (Å²) in [4.78, 5) is 1.32. The third-order valence-corrected chi connectivity index (χ3v) is 5.22. The first-order chi connectivity index (χ1) is 10.1. The maximum atomic E-state index is 6.13. The number of methoxy groups -OCH3 is 1. The molecule has 0 saturated heterocycles. The zero-order chi connectivity index (χ0) is 15.2. The molecular weight excluding hydrogens is 370 g/mol. The minimum atomic E-state index is 0.272. The predicted octanol–water partition coefficient (Wildman–Crippen LogP) is 5.46. The molecule has 0 saturated carbocycles. The fourth-order valence-corrected chi connectivity index (χ4v) is 3.93. The van der Waals surface area contributed by atoms with E-state index in [1.807, 2.05) is 18.2 Å². The molecule has 1 N–H and O–H groups in total. The Balaban J connectivity index is 2.24. The van der Waals surface area contributed by atoms with Crippen molar-refractivity contribution in [2.24, 2.45) is 0 Å². The normalized spacial score (nSPS) is 12.4. The van der Waals surface area contributed by atoms with Gasteiger partial charge in [0.05, 0.1) is 10.9 Å². The van der Waals surface area contributed by atoms with Gasteiger partial charge in [-0.2, -0.15) is 0 Å². The number of rotatable bonds is 7. The first-order valence-corrected chi connectivity index (χ1v) is 8.93. The summed E-state index contributed by atoms with van der Waals surface area (Å²) in [6.45, 7) is 3.16. The molecule has 0 fully saturated rings. The first-order valence-electron chi connectivity index (χ1n) is 6.95. The van der Waals surface area contributed by atoms with Crippen LogP contribution in [0.3, 0.4) is 0 Å². The van der Waals surface area contributed by atoms with Gasteiger partial charge >= 0.3 is 0 Å². The van der Waals surface area contributed by atoms with Crippen molar-refractivity contribution >= 4 is 38.9 Å². The van der Waals surface area contributed by atoms with E-state index < -0.39 is 0 Å². The molecule has 0 bridgehead atoms. The maximum absolute atomic E-state index is 6.13. The van der Waals surface area contributed by atoms with E-state index in [4.69, 9.17) is 16.3 Å².